The summed E-state index contributed by atoms with van der Waals surface area (Å²) in [6.07, 6.45) is -0.0440. The molecular weight excluding hydrogens is 220 g/mol. The van der Waals surface area contributed by atoms with Crippen molar-refractivity contribution in [1.82, 2.24) is 4.98 Å². The van der Waals surface area contributed by atoms with E-state index < -0.39 is 5.56 Å². The Hall–Kier alpha value is -1.93. The quantitative estimate of drug-likeness (QED) is 0.792. The molecule has 0 unspecified atom stereocenters. The summed E-state index contributed by atoms with van der Waals surface area (Å²) in [5.74, 6) is -0.246. The van der Waals surface area contributed by atoms with Gasteiger partial charge in [-0.25, -0.2) is 0 Å². The SMILES string of the molecule is Cc1[nH]c(=O)c(C#N)cc1C(=O)COC(C)C. The van der Waals surface area contributed by atoms with Gasteiger partial charge in [0.25, 0.3) is 5.56 Å². The lowest BCUT2D eigenvalue weighted by Gasteiger charge is -2.08. The summed E-state index contributed by atoms with van der Waals surface area (Å²) in [6, 6.07) is 3.05. The number of aromatic amines is 1. The molecule has 5 nitrogen and oxygen atoms in total. The smallest absolute Gasteiger partial charge is 0.266 e. The molecule has 0 bridgehead atoms. The molecule has 1 rings (SSSR count). The van der Waals surface area contributed by atoms with Gasteiger partial charge in [0, 0.05) is 11.3 Å². The molecule has 1 aromatic rings. The summed E-state index contributed by atoms with van der Waals surface area (Å²) in [4.78, 5) is 25.6. The molecule has 1 N–H and O–H groups in total. The Morgan fingerprint density at radius 2 is 2.24 bits per heavy atom. The number of hydrogen-bond acceptors (Lipinski definition) is 4. The summed E-state index contributed by atoms with van der Waals surface area (Å²) in [6.45, 7) is 5.21. The van der Waals surface area contributed by atoms with E-state index in [2.05, 4.69) is 4.98 Å². The van der Waals surface area contributed by atoms with Crippen molar-refractivity contribution in [1.29, 1.82) is 5.26 Å². The second kappa shape index (κ2) is 5.41. The van der Waals surface area contributed by atoms with E-state index in [9.17, 15) is 9.59 Å². The molecule has 0 saturated carbocycles. The van der Waals surface area contributed by atoms with E-state index >= 15 is 0 Å². The lowest BCUT2D eigenvalue weighted by molar-refractivity contribution is 0.0584. The highest BCUT2D eigenvalue weighted by atomic mass is 16.5. The van der Waals surface area contributed by atoms with Crippen molar-refractivity contribution in [3.8, 4) is 6.07 Å². The number of ketones is 1. The molecule has 0 aliphatic rings. The molecule has 0 radical (unpaired) electrons. The first-order valence-electron chi connectivity index (χ1n) is 5.24. The first-order valence-corrected chi connectivity index (χ1v) is 5.24. The monoisotopic (exact) mass is 234 g/mol. The normalized spacial score (nSPS) is 10.3. The molecule has 0 aliphatic heterocycles. The van der Waals surface area contributed by atoms with Crippen molar-refractivity contribution in [3.63, 3.8) is 0 Å². The van der Waals surface area contributed by atoms with Crippen molar-refractivity contribution in [2.24, 2.45) is 0 Å². The number of hydrogen-bond donors (Lipinski definition) is 1. The van der Waals surface area contributed by atoms with E-state index in [1.165, 1.54) is 6.07 Å². The number of nitrogens with zero attached hydrogens (tertiary/aromatic N) is 1. The van der Waals surface area contributed by atoms with Gasteiger partial charge in [0.05, 0.1) is 6.10 Å². The van der Waals surface area contributed by atoms with Gasteiger partial charge in [0.15, 0.2) is 5.78 Å². The largest absolute Gasteiger partial charge is 0.371 e. The average Bonchev–Trinajstić information content (AvgIpc) is 2.26. The molecule has 1 heterocycles. The van der Waals surface area contributed by atoms with Crippen LogP contribution in [0.3, 0.4) is 0 Å². The highest BCUT2D eigenvalue weighted by Gasteiger charge is 2.13. The molecule has 0 amide bonds. The van der Waals surface area contributed by atoms with Gasteiger partial charge < -0.3 is 9.72 Å². The maximum Gasteiger partial charge on any atom is 0.266 e. The minimum absolute atomic E-state index is 0.0440. The summed E-state index contributed by atoms with van der Waals surface area (Å²) < 4.78 is 5.19. The van der Waals surface area contributed by atoms with Crippen LogP contribution in [0.15, 0.2) is 10.9 Å². The Bertz CT molecular complexity index is 524. The molecule has 17 heavy (non-hydrogen) atoms. The van der Waals surface area contributed by atoms with Crippen LogP contribution in [0, 0.1) is 18.3 Å². The highest BCUT2D eigenvalue weighted by molar-refractivity contribution is 5.98. The number of H-pyrrole nitrogens is 1. The number of ether oxygens (including phenoxy) is 1. The number of pyridine rings is 1. The van der Waals surface area contributed by atoms with Gasteiger partial charge in [0.2, 0.25) is 0 Å². The summed E-state index contributed by atoms with van der Waals surface area (Å²) in [5, 5.41) is 8.72. The lowest BCUT2D eigenvalue weighted by atomic mass is 10.1. The topological polar surface area (TPSA) is 83.0 Å². The predicted molar refractivity (Wildman–Crippen MR) is 61.9 cm³/mol. The summed E-state index contributed by atoms with van der Waals surface area (Å²) in [7, 11) is 0. The van der Waals surface area contributed by atoms with Crippen LogP contribution in [-0.2, 0) is 4.74 Å². The minimum Gasteiger partial charge on any atom is -0.371 e. The molecule has 0 aliphatic carbocycles. The number of nitriles is 1. The van der Waals surface area contributed by atoms with E-state index in [-0.39, 0.29) is 24.1 Å². The zero-order valence-corrected chi connectivity index (χ0v) is 10.0. The molecule has 0 saturated heterocycles. The van der Waals surface area contributed by atoms with E-state index in [4.69, 9.17) is 10.00 Å². The van der Waals surface area contributed by atoms with Gasteiger partial charge in [-0.05, 0) is 26.8 Å². The van der Waals surface area contributed by atoms with Crippen LogP contribution >= 0.6 is 0 Å². The lowest BCUT2D eigenvalue weighted by Crippen LogP contribution is -2.19. The fourth-order valence-corrected chi connectivity index (χ4v) is 1.32. The number of carbonyl (C=O) groups is 1. The van der Waals surface area contributed by atoms with Crippen LogP contribution in [0.5, 0.6) is 0 Å². The second-order valence-corrected chi connectivity index (χ2v) is 3.95. The van der Waals surface area contributed by atoms with Crippen LogP contribution < -0.4 is 5.56 Å². The Balaban J connectivity index is 3.02. The van der Waals surface area contributed by atoms with Crippen LogP contribution in [0.2, 0.25) is 0 Å². The molecule has 0 fully saturated rings. The molecular formula is C12H14N2O3. The average molecular weight is 234 g/mol. The number of aryl methyl sites for hydroxylation is 1. The minimum atomic E-state index is -0.480. The number of nitrogens with one attached hydrogen (secondary N) is 1. The maximum absolute atomic E-state index is 11.8. The third-order valence-electron chi connectivity index (χ3n) is 2.21. The van der Waals surface area contributed by atoms with Crippen molar-refractivity contribution in [3.05, 3.63) is 33.2 Å². The molecule has 0 spiro atoms. The fraction of sp³-hybridized carbons (Fsp3) is 0.417. The Labute approximate surface area is 99.0 Å². The van der Waals surface area contributed by atoms with Crippen LogP contribution in [0.25, 0.3) is 0 Å². The first-order chi connectivity index (χ1) is 7.95. The van der Waals surface area contributed by atoms with E-state index in [0.29, 0.717) is 11.3 Å². The van der Waals surface area contributed by atoms with Crippen molar-refractivity contribution in [2.75, 3.05) is 6.61 Å². The Morgan fingerprint density at radius 1 is 1.59 bits per heavy atom. The third-order valence-corrected chi connectivity index (χ3v) is 2.21. The summed E-state index contributed by atoms with van der Waals surface area (Å²) >= 11 is 0. The maximum atomic E-state index is 11.8. The van der Waals surface area contributed by atoms with E-state index in [1.54, 1.807) is 13.0 Å². The van der Waals surface area contributed by atoms with E-state index in [0.717, 1.165) is 0 Å². The zero-order valence-electron chi connectivity index (χ0n) is 10.0. The first kappa shape index (κ1) is 13.1. The number of rotatable bonds is 4. The van der Waals surface area contributed by atoms with Crippen LogP contribution in [-0.4, -0.2) is 23.5 Å². The van der Waals surface area contributed by atoms with Gasteiger partial charge in [-0.15, -0.1) is 0 Å². The Morgan fingerprint density at radius 3 is 2.76 bits per heavy atom. The van der Waals surface area contributed by atoms with Gasteiger partial charge in [-0.1, -0.05) is 0 Å². The molecule has 0 aromatic carbocycles. The molecule has 90 valence electrons. The predicted octanol–water partition coefficient (Wildman–Crippen LogP) is 1.16. The second-order valence-electron chi connectivity index (χ2n) is 3.95. The molecule has 5 heteroatoms. The number of Topliss-reactive ketones (excluding diaryl/α,β-unsaturated/α-hetero) is 1. The zero-order chi connectivity index (χ0) is 13.0. The van der Waals surface area contributed by atoms with Gasteiger partial charge in [0.1, 0.15) is 18.2 Å². The van der Waals surface area contributed by atoms with Gasteiger partial charge in [-0.2, -0.15) is 5.26 Å². The highest BCUT2D eigenvalue weighted by Crippen LogP contribution is 2.06. The molecule has 0 atom stereocenters. The van der Waals surface area contributed by atoms with E-state index in [1.807, 2.05) is 13.8 Å². The summed E-state index contributed by atoms with van der Waals surface area (Å²) in [5.41, 5.74) is 0.225. The standard InChI is InChI=1S/C12H14N2O3/c1-7(2)17-6-11(15)10-4-9(5-13)12(16)14-8(10)3/h4,7H,6H2,1-3H3,(H,14,16). The van der Waals surface area contributed by atoms with Crippen molar-refractivity contribution >= 4 is 5.78 Å². The number of aromatic nitrogens is 1. The fourth-order valence-electron chi connectivity index (χ4n) is 1.32. The van der Waals surface area contributed by atoms with Gasteiger partial charge >= 0.3 is 0 Å². The Kier molecular flexibility index (Phi) is 4.18. The van der Waals surface area contributed by atoms with Crippen molar-refractivity contribution in [2.45, 2.75) is 26.9 Å². The number of carbonyl (C=O) groups excluding carboxylic acids is 1. The third kappa shape index (κ3) is 3.26. The van der Waals surface area contributed by atoms with Crippen LogP contribution in [0.1, 0.15) is 35.5 Å². The van der Waals surface area contributed by atoms with Gasteiger partial charge in [-0.3, -0.25) is 9.59 Å². The molecule has 1 aromatic heterocycles. The van der Waals surface area contributed by atoms with Crippen molar-refractivity contribution < 1.29 is 9.53 Å². The van der Waals surface area contributed by atoms with Crippen LogP contribution in [0.4, 0.5) is 0 Å².